The van der Waals surface area contributed by atoms with Crippen molar-refractivity contribution >= 4 is 32.4 Å². The van der Waals surface area contributed by atoms with Crippen molar-refractivity contribution in [3.8, 4) is 11.3 Å². The predicted octanol–water partition coefficient (Wildman–Crippen LogP) is 4.80. The first-order valence-electron chi connectivity index (χ1n) is 10.5. The number of allylic oxidation sites excluding steroid dienone is 2. The van der Waals surface area contributed by atoms with Crippen LogP contribution in [-0.4, -0.2) is 19.3 Å². The summed E-state index contributed by atoms with van der Waals surface area (Å²) in [7, 11) is -3.78. The Kier molecular flexibility index (Phi) is 5.87. The Labute approximate surface area is 193 Å². The monoisotopic (exact) mass is 466 g/mol. The molecule has 6 nitrogen and oxygen atoms in total. The predicted molar refractivity (Wildman–Crippen MR) is 128 cm³/mol. The maximum Gasteiger partial charge on any atom is 0.262 e. The quantitative estimate of drug-likeness (QED) is 0.546. The Morgan fingerprint density at radius 2 is 1.97 bits per heavy atom. The van der Waals surface area contributed by atoms with E-state index in [1.54, 1.807) is 25.1 Å². The van der Waals surface area contributed by atoms with Gasteiger partial charge in [0.2, 0.25) is 5.91 Å². The standard InChI is InChI=1S/C24H23N3O3S2/c1-16-8-9-17(2)22(14-16)32(29,30)27-20-12-10-19(11-13-20)23(28)26-24-25-21(15-31-24)18-6-4-3-5-7-18/h3-10,12-15,19,27H,11H2,1-2H3,(H,25,26,28)/i19D. The Bertz CT molecular complexity index is 1360. The van der Waals surface area contributed by atoms with Gasteiger partial charge < -0.3 is 5.32 Å². The molecule has 1 unspecified atom stereocenters. The number of nitrogens with one attached hydrogen (secondary N) is 2. The molecule has 164 valence electrons. The highest BCUT2D eigenvalue weighted by molar-refractivity contribution is 7.89. The molecule has 2 N–H and O–H groups in total. The summed E-state index contributed by atoms with van der Waals surface area (Å²) in [5.74, 6) is -2.09. The van der Waals surface area contributed by atoms with E-state index in [1.807, 2.05) is 48.7 Å². The van der Waals surface area contributed by atoms with E-state index in [0.717, 1.165) is 16.8 Å². The molecular formula is C24H23N3O3S2. The largest absolute Gasteiger partial charge is 0.301 e. The lowest BCUT2D eigenvalue weighted by atomic mass is 9.99. The number of carbonyl (C=O) groups is 1. The second-order valence-electron chi connectivity index (χ2n) is 7.45. The first-order chi connectivity index (χ1) is 15.7. The van der Waals surface area contributed by atoms with E-state index in [4.69, 9.17) is 1.37 Å². The molecule has 3 aromatic rings. The number of aryl methyl sites for hydroxylation is 2. The number of benzene rings is 2. The topological polar surface area (TPSA) is 88.2 Å². The summed E-state index contributed by atoms with van der Waals surface area (Å²) >= 11 is 1.29. The molecule has 0 saturated carbocycles. The number of hydrogen-bond acceptors (Lipinski definition) is 5. The van der Waals surface area contributed by atoms with Crippen LogP contribution in [0.3, 0.4) is 0 Å². The molecule has 1 heterocycles. The van der Waals surface area contributed by atoms with Crippen LogP contribution < -0.4 is 10.0 Å². The summed E-state index contributed by atoms with van der Waals surface area (Å²) in [5.41, 5.74) is 3.50. The van der Waals surface area contributed by atoms with Crippen molar-refractivity contribution in [3.63, 3.8) is 0 Å². The summed E-state index contributed by atoms with van der Waals surface area (Å²) in [6, 6.07) is 14.8. The zero-order valence-corrected chi connectivity index (χ0v) is 19.3. The van der Waals surface area contributed by atoms with Crippen LogP contribution in [-0.2, 0) is 14.8 Å². The van der Waals surface area contributed by atoms with Crippen LogP contribution in [0.5, 0.6) is 0 Å². The molecule has 32 heavy (non-hydrogen) atoms. The molecule has 0 spiro atoms. The molecule has 4 rings (SSSR count). The summed E-state index contributed by atoms with van der Waals surface area (Å²) in [5, 5.41) is 4.96. The first kappa shape index (κ1) is 20.7. The highest BCUT2D eigenvalue weighted by Gasteiger charge is 2.22. The number of sulfonamides is 1. The van der Waals surface area contributed by atoms with Crippen molar-refractivity contribution in [1.82, 2.24) is 9.71 Å². The normalized spacial score (nSPS) is 18.6. The maximum absolute atomic E-state index is 12.8. The van der Waals surface area contributed by atoms with E-state index < -0.39 is 21.8 Å². The molecule has 1 aromatic heterocycles. The summed E-state index contributed by atoms with van der Waals surface area (Å²) < 4.78 is 36.7. The van der Waals surface area contributed by atoms with Crippen molar-refractivity contribution in [2.45, 2.75) is 25.2 Å². The fourth-order valence-electron chi connectivity index (χ4n) is 3.25. The number of thiazole rings is 1. The third kappa shape index (κ3) is 4.98. The van der Waals surface area contributed by atoms with Crippen LogP contribution in [0.2, 0.25) is 0 Å². The summed E-state index contributed by atoms with van der Waals surface area (Å²) in [6.07, 6.45) is 4.43. The van der Waals surface area contributed by atoms with E-state index in [0.29, 0.717) is 16.4 Å². The van der Waals surface area contributed by atoms with Gasteiger partial charge in [0.1, 0.15) is 0 Å². The molecule has 1 atom stereocenters. The Morgan fingerprint density at radius 1 is 1.19 bits per heavy atom. The molecule has 0 radical (unpaired) electrons. The number of carbonyl (C=O) groups excluding carboxylic acids is 1. The lowest BCUT2D eigenvalue weighted by Gasteiger charge is -2.17. The van der Waals surface area contributed by atoms with Gasteiger partial charge in [0, 0.05) is 18.0 Å². The van der Waals surface area contributed by atoms with Crippen molar-refractivity contribution in [1.29, 1.82) is 0 Å². The first-order valence-corrected chi connectivity index (χ1v) is 12.3. The maximum atomic E-state index is 12.8. The van der Waals surface area contributed by atoms with Crippen LogP contribution in [0.15, 0.2) is 82.7 Å². The van der Waals surface area contributed by atoms with Crippen molar-refractivity contribution in [3.05, 3.63) is 89.0 Å². The van der Waals surface area contributed by atoms with Gasteiger partial charge in [0.15, 0.2) is 5.13 Å². The lowest BCUT2D eigenvalue weighted by molar-refractivity contribution is -0.118. The molecule has 0 aliphatic heterocycles. The lowest BCUT2D eigenvalue weighted by Crippen LogP contribution is -2.26. The minimum Gasteiger partial charge on any atom is -0.301 e. The second-order valence-corrected chi connectivity index (χ2v) is 9.96. The van der Waals surface area contributed by atoms with Crippen LogP contribution >= 0.6 is 11.3 Å². The van der Waals surface area contributed by atoms with E-state index in [-0.39, 0.29) is 11.3 Å². The number of aromatic nitrogens is 1. The second kappa shape index (κ2) is 9.10. The zero-order valence-electron chi connectivity index (χ0n) is 18.6. The SMILES string of the molecule is [2H]C1(C(=O)Nc2nc(-c3ccccc3)cs2)C=CC(NS(=O)(=O)c2cc(C)ccc2C)=CC1. The number of nitrogens with zero attached hydrogens (tertiary/aromatic N) is 1. The van der Waals surface area contributed by atoms with Gasteiger partial charge in [0.05, 0.1) is 16.5 Å². The molecule has 1 amide bonds. The van der Waals surface area contributed by atoms with Crippen molar-refractivity contribution in [2.75, 3.05) is 5.32 Å². The van der Waals surface area contributed by atoms with E-state index in [1.165, 1.54) is 23.5 Å². The molecule has 2 aromatic carbocycles. The van der Waals surface area contributed by atoms with Crippen molar-refractivity contribution < 1.29 is 14.6 Å². The van der Waals surface area contributed by atoms with Crippen molar-refractivity contribution in [2.24, 2.45) is 5.89 Å². The molecule has 0 saturated heterocycles. The number of hydrogen-bond donors (Lipinski definition) is 2. The van der Waals surface area contributed by atoms with E-state index >= 15 is 0 Å². The van der Waals surface area contributed by atoms with Crippen LogP contribution in [0.1, 0.15) is 18.9 Å². The van der Waals surface area contributed by atoms with Crippen LogP contribution in [0.25, 0.3) is 11.3 Å². The van der Waals surface area contributed by atoms with Gasteiger partial charge in [0.25, 0.3) is 10.0 Å². The molecule has 1 aliphatic carbocycles. The van der Waals surface area contributed by atoms with Gasteiger partial charge >= 0.3 is 0 Å². The number of anilines is 1. The molecule has 1 aliphatic rings. The number of amides is 1. The molecule has 0 fully saturated rings. The summed E-state index contributed by atoms with van der Waals surface area (Å²) in [6.45, 7) is 3.57. The molecule has 8 heteroatoms. The van der Waals surface area contributed by atoms with Gasteiger partial charge in [-0.25, -0.2) is 13.4 Å². The average Bonchev–Trinajstić information content (AvgIpc) is 3.26. The fourth-order valence-corrected chi connectivity index (χ4v) is 5.37. The van der Waals surface area contributed by atoms with Gasteiger partial charge in [-0.1, -0.05) is 54.6 Å². The average molecular weight is 467 g/mol. The van der Waals surface area contributed by atoms with Gasteiger partial charge in [-0.2, -0.15) is 0 Å². The van der Waals surface area contributed by atoms with Crippen LogP contribution in [0, 0.1) is 19.7 Å². The third-order valence-electron chi connectivity index (χ3n) is 4.98. The Hall–Kier alpha value is -3.23. The minimum absolute atomic E-state index is 0.0247. The highest BCUT2D eigenvalue weighted by atomic mass is 32.2. The van der Waals surface area contributed by atoms with Gasteiger partial charge in [-0.3, -0.25) is 9.52 Å². The summed E-state index contributed by atoms with van der Waals surface area (Å²) in [4.78, 5) is 17.4. The Balaban J connectivity index is 1.43. The van der Waals surface area contributed by atoms with E-state index in [9.17, 15) is 13.2 Å². The third-order valence-corrected chi connectivity index (χ3v) is 7.26. The van der Waals surface area contributed by atoms with Crippen LogP contribution in [0.4, 0.5) is 5.13 Å². The molecule has 0 bridgehead atoms. The van der Waals surface area contributed by atoms with Gasteiger partial charge in [-0.05, 0) is 43.5 Å². The fraction of sp³-hybridized carbons (Fsp3) is 0.167. The highest BCUT2D eigenvalue weighted by Crippen LogP contribution is 2.26. The zero-order chi connectivity index (χ0) is 23.6. The van der Waals surface area contributed by atoms with E-state index in [2.05, 4.69) is 15.0 Å². The minimum atomic E-state index is -3.78. The van der Waals surface area contributed by atoms with Gasteiger partial charge in [-0.15, -0.1) is 11.3 Å². The Morgan fingerprint density at radius 3 is 2.69 bits per heavy atom. The smallest absolute Gasteiger partial charge is 0.262 e. The molecular weight excluding hydrogens is 442 g/mol. The number of rotatable bonds is 6.